The number of hydrazone groups is 1. The number of hydrogen-bond donors (Lipinski definition) is 2. The lowest BCUT2D eigenvalue weighted by atomic mass is 10.2. The molecule has 8 nitrogen and oxygen atoms in total. The molecule has 9 heteroatoms. The second kappa shape index (κ2) is 6.44. The number of para-hydroxylation sites is 1. The zero-order chi connectivity index (χ0) is 17.3. The van der Waals surface area contributed by atoms with E-state index in [0.717, 1.165) is 11.3 Å². The minimum absolute atomic E-state index is 0.311. The Morgan fingerprint density at radius 1 is 1.38 bits per heavy atom. The van der Waals surface area contributed by atoms with Crippen LogP contribution in [0.1, 0.15) is 5.56 Å². The maximum Gasteiger partial charge on any atom is 0.329 e. The van der Waals surface area contributed by atoms with Crippen LogP contribution in [0.4, 0.5) is 5.69 Å². The molecule has 2 heterocycles. The van der Waals surface area contributed by atoms with E-state index in [4.69, 9.17) is 0 Å². The molecule has 2 N–H and O–H groups in total. The number of hydrogen-bond acceptors (Lipinski definition) is 5. The van der Waals surface area contributed by atoms with Gasteiger partial charge in [-0.25, -0.2) is 9.78 Å². The molecule has 0 amide bonds. The van der Waals surface area contributed by atoms with E-state index >= 15 is 0 Å². The lowest BCUT2D eigenvalue weighted by Gasteiger charge is -2.04. The van der Waals surface area contributed by atoms with Crippen molar-refractivity contribution in [2.75, 3.05) is 5.43 Å². The number of H-pyrrole nitrogens is 1. The molecule has 0 spiro atoms. The molecular formula is C15H15BrN6O2. The highest BCUT2D eigenvalue weighted by Gasteiger charge is 2.14. The van der Waals surface area contributed by atoms with Crippen molar-refractivity contribution >= 4 is 39.0 Å². The minimum atomic E-state index is -0.500. The van der Waals surface area contributed by atoms with Crippen molar-refractivity contribution in [3.05, 3.63) is 55.4 Å². The second-order valence-electron chi connectivity index (χ2n) is 5.22. The van der Waals surface area contributed by atoms with Gasteiger partial charge in [-0.3, -0.25) is 19.8 Å². The lowest BCUT2D eigenvalue weighted by Crippen LogP contribution is -2.29. The number of aromatic amines is 1. The van der Waals surface area contributed by atoms with Crippen molar-refractivity contribution in [2.45, 2.75) is 13.5 Å². The summed E-state index contributed by atoms with van der Waals surface area (Å²) in [5, 5.41) is 4.17. The summed E-state index contributed by atoms with van der Waals surface area (Å²) in [7, 11) is 1.55. The first-order valence-electron chi connectivity index (χ1n) is 7.17. The summed E-state index contributed by atoms with van der Waals surface area (Å²) in [6.07, 6.45) is 1.63. The molecule has 0 saturated heterocycles. The van der Waals surface area contributed by atoms with Crippen LogP contribution in [0.15, 0.2) is 43.7 Å². The largest absolute Gasteiger partial charge is 0.329 e. The highest BCUT2D eigenvalue weighted by molar-refractivity contribution is 9.10. The van der Waals surface area contributed by atoms with Gasteiger partial charge in [0.05, 0.1) is 12.2 Å². The highest BCUT2D eigenvalue weighted by atomic mass is 79.9. The molecule has 0 aliphatic rings. The van der Waals surface area contributed by atoms with E-state index in [0.29, 0.717) is 22.4 Å². The number of anilines is 1. The van der Waals surface area contributed by atoms with Crippen LogP contribution in [0.2, 0.25) is 0 Å². The van der Waals surface area contributed by atoms with Gasteiger partial charge in [-0.05, 0) is 34.5 Å². The SMILES string of the molecule is Cc1ccccc1N/N=C/Cn1c(Br)nc2c1c(=O)[nH]c(=O)n2C. The van der Waals surface area contributed by atoms with Gasteiger partial charge in [0.25, 0.3) is 5.56 Å². The van der Waals surface area contributed by atoms with Gasteiger partial charge in [0.15, 0.2) is 15.9 Å². The minimum Gasteiger partial charge on any atom is -0.307 e. The Hall–Kier alpha value is -2.68. The zero-order valence-electron chi connectivity index (χ0n) is 13.1. The van der Waals surface area contributed by atoms with Crippen LogP contribution in [-0.4, -0.2) is 25.3 Å². The predicted molar refractivity (Wildman–Crippen MR) is 96.6 cm³/mol. The molecule has 3 rings (SSSR count). The van der Waals surface area contributed by atoms with Crippen LogP contribution in [0.3, 0.4) is 0 Å². The molecule has 124 valence electrons. The molecule has 3 aromatic rings. The van der Waals surface area contributed by atoms with Crippen LogP contribution in [0, 0.1) is 6.92 Å². The van der Waals surface area contributed by atoms with Gasteiger partial charge in [-0.2, -0.15) is 5.10 Å². The summed E-state index contributed by atoms with van der Waals surface area (Å²) in [6.45, 7) is 2.30. The molecule has 0 radical (unpaired) electrons. The first-order chi connectivity index (χ1) is 11.5. The van der Waals surface area contributed by atoms with Crippen LogP contribution in [-0.2, 0) is 13.6 Å². The molecule has 1 aromatic carbocycles. The third-order valence-electron chi connectivity index (χ3n) is 3.65. The number of aromatic nitrogens is 4. The number of imidazole rings is 1. The Balaban J connectivity index is 1.88. The molecular weight excluding hydrogens is 376 g/mol. The molecule has 0 fully saturated rings. The van der Waals surface area contributed by atoms with E-state index in [-0.39, 0.29) is 0 Å². The molecule has 0 atom stereocenters. The van der Waals surface area contributed by atoms with Gasteiger partial charge in [-0.1, -0.05) is 18.2 Å². The molecule has 0 aliphatic carbocycles. The van der Waals surface area contributed by atoms with E-state index in [1.165, 1.54) is 4.57 Å². The molecule has 0 saturated carbocycles. The summed E-state index contributed by atoms with van der Waals surface area (Å²) in [6, 6.07) is 7.79. The number of fused-ring (bicyclic) bond motifs is 1. The van der Waals surface area contributed by atoms with Crippen LogP contribution in [0.5, 0.6) is 0 Å². The average molecular weight is 391 g/mol. The van der Waals surface area contributed by atoms with Crippen molar-refractivity contribution in [1.29, 1.82) is 0 Å². The summed E-state index contributed by atoms with van der Waals surface area (Å²) in [5.74, 6) is 0. The monoisotopic (exact) mass is 390 g/mol. The molecule has 24 heavy (non-hydrogen) atoms. The fourth-order valence-electron chi connectivity index (χ4n) is 2.31. The van der Waals surface area contributed by atoms with Gasteiger partial charge in [0, 0.05) is 13.3 Å². The fourth-order valence-corrected chi connectivity index (χ4v) is 2.80. The molecule has 0 unspecified atom stereocenters. The lowest BCUT2D eigenvalue weighted by molar-refractivity contribution is 0.824. The maximum atomic E-state index is 12.1. The van der Waals surface area contributed by atoms with Crippen LogP contribution in [0.25, 0.3) is 11.2 Å². The fraction of sp³-hybridized carbons (Fsp3) is 0.200. The Bertz CT molecular complexity index is 1050. The van der Waals surface area contributed by atoms with Gasteiger partial charge in [0.2, 0.25) is 0 Å². The first-order valence-corrected chi connectivity index (χ1v) is 7.96. The van der Waals surface area contributed by atoms with E-state index in [1.54, 1.807) is 17.8 Å². The van der Waals surface area contributed by atoms with Gasteiger partial charge >= 0.3 is 5.69 Å². The van der Waals surface area contributed by atoms with Crippen molar-refractivity contribution in [3.8, 4) is 0 Å². The third-order valence-corrected chi connectivity index (χ3v) is 4.25. The molecule has 0 bridgehead atoms. The van der Waals surface area contributed by atoms with E-state index in [9.17, 15) is 9.59 Å². The highest BCUT2D eigenvalue weighted by Crippen LogP contribution is 2.15. The smallest absolute Gasteiger partial charge is 0.307 e. The normalized spacial score (nSPS) is 11.5. The standard InChI is InChI=1S/C15H15BrN6O2/c1-9-5-3-4-6-10(9)20-17-7-8-22-11-12(18-14(22)16)21(2)15(24)19-13(11)23/h3-7,20H,8H2,1-2H3,(H,19,23,24)/b17-7+. The Labute approximate surface area is 145 Å². The zero-order valence-corrected chi connectivity index (χ0v) is 14.7. The number of halogens is 1. The van der Waals surface area contributed by atoms with Crippen LogP contribution >= 0.6 is 15.9 Å². The third kappa shape index (κ3) is 2.90. The second-order valence-corrected chi connectivity index (χ2v) is 5.93. The van der Waals surface area contributed by atoms with Crippen molar-refractivity contribution < 1.29 is 0 Å². The summed E-state index contributed by atoms with van der Waals surface area (Å²) in [5.41, 5.74) is 4.59. The Kier molecular flexibility index (Phi) is 4.34. The van der Waals surface area contributed by atoms with Crippen molar-refractivity contribution in [2.24, 2.45) is 12.1 Å². The van der Waals surface area contributed by atoms with Gasteiger partial charge < -0.3 is 4.57 Å². The number of rotatable bonds is 4. The number of nitrogens with one attached hydrogen (secondary N) is 2. The van der Waals surface area contributed by atoms with E-state index in [1.807, 2.05) is 31.2 Å². The summed E-state index contributed by atoms with van der Waals surface area (Å²) in [4.78, 5) is 30.2. The van der Waals surface area contributed by atoms with E-state index in [2.05, 4.69) is 36.4 Å². The summed E-state index contributed by atoms with van der Waals surface area (Å²) >= 11 is 3.31. The Morgan fingerprint density at radius 3 is 2.88 bits per heavy atom. The predicted octanol–water partition coefficient (Wildman–Crippen LogP) is 1.59. The number of aryl methyl sites for hydroxylation is 2. The van der Waals surface area contributed by atoms with Crippen molar-refractivity contribution in [1.82, 2.24) is 19.1 Å². The first kappa shape index (κ1) is 16.2. The average Bonchev–Trinajstić information content (AvgIpc) is 2.88. The van der Waals surface area contributed by atoms with Crippen LogP contribution < -0.4 is 16.7 Å². The molecule has 2 aromatic heterocycles. The maximum absolute atomic E-state index is 12.1. The Morgan fingerprint density at radius 2 is 2.12 bits per heavy atom. The molecule has 0 aliphatic heterocycles. The van der Waals surface area contributed by atoms with Gasteiger partial charge in [-0.15, -0.1) is 0 Å². The quantitative estimate of drug-likeness (QED) is 0.401. The van der Waals surface area contributed by atoms with Gasteiger partial charge in [0.1, 0.15) is 0 Å². The summed E-state index contributed by atoms with van der Waals surface area (Å²) < 4.78 is 3.38. The number of nitrogens with zero attached hydrogens (tertiary/aromatic N) is 4. The number of benzene rings is 1. The topological polar surface area (TPSA) is 97.1 Å². The van der Waals surface area contributed by atoms with E-state index < -0.39 is 11.2 Å². The van der Waals surface area contributed by atoms with Crippen molar-refractivity contribution in [3.63, 3.8) is 0 Å².